The fraction of sp³-hybridized carbons (Fsp3) is 0.480. The summed E-state index contributed by atoms with van der Waals surface area (Å²) in [5.74, 6) is -0.537. The summed E-state index contributed by atoms with van der Waals surface area (Å²) in [5, 5.41) is 6.21. The van der Waals surface area contributed by atoms with Crippen molar-refractivity contribution in [2.24, 2.45) is 0 Å². The molecule has 4 heterocycles. The number of likely N-dealkylation sites (tertiary alicyclic amines) is 1. The molecule has 42 heavy (non-hydrogen) atoms. The van der Waals surface area contributed by atoms with Crippen molar-refractivity contribution >= 4 is 38.7 Å². The topological polar surface area (TPSA) is 95.8 Å². The molecule has 0 bridgehead atoms. The van der Waals surface area contributed by atoms with Crippen LogP contribution in [0.1, 0.15) is 71.1 Å². The first-order valence-electron chi connectivity index (χ1n) is 12.7. The molecule has 1 atom stereocenters. The van der Waals surface area contributed by atoms with Gasteiger partial charge in [-0.25, -0.2) is 26.9 Å². The minimum absolute atomic E-state index is 0.0331. The van der Waals surface area contributed by atoms with Crippen molar-refractivity contribution < 1.29 is 44.0 Å². The zero-order chi connectivity index (χ0) is 30.2. The van der Waals surface area contributed by atoms with E-state index in [2.05, 4.69) is 10.1 Å². The fourth-order valence-electron chi connectivity index (χ4n) is 4.80. The van der Waals surface area contributed by atoms with Gasteiger partial charge in [0.2, 0.25) is 6.29 Å². The number of aromatic nitrogens is 3. The number of benzene rings is 1. The van der Waals surface area contributed by atoms with Crippen LogP contribution < -0.4 is 4.18 Å². The minimum Gasteiger partial charge on any atom is -0.382 e. The lowest BCUT2D eigenvalue weighted by molar-refractivity contribution is -0.155. The van der Waals surface area contributed by atoms with Crippen molar-refractivity contribution in [2.45, 2.75) is 57.7 Å². The largest absolute Gasteiger partial charge is 0.382 e. The Morgan fingerprint density at radius 1 is 1.14 bits per heavy atom. The van der Waals surface area contributed by atoms with Gasteiger partial charge in [0, 0.05) is 35.5 Å². The van der Waals surface area contributed by atoms with Crippen LogP contribution in [0.25, 0.3) is 0 Å². The molecule has 1 unspecified atom stereocenters. The van der Waals surface area contributed by atoms with Crippen LogP contribution in [0.3, 0.4) is 0 Å². The molecule has 1 fully saturated rings. The average Bonchev–Trinajstić information content (AvgIpc) is 3.52. The normalized spacial score (nSPS) is 18.4. The van der Waals surface area contributed by atoms with Gasteiger partial charge < -0.3 is 18.6 Å². The molecule has 2 aliphatic rings. The Morgan fingerprint density at radius 2 is 1.83 bits per heavy atom. The van der Waals surface area contributed by atoms with Gasteiger partial charge in [-0.3, -0.25) is 4.68 Å². The van der Waals surface area contributed by atoms with Gasteiger partial charge in [0.15, 0.2) is 0 Å². The van der Waals surface area contributed by atoms with E-state index in [0.29, 0.717) is 42.7 Å². The molecule has 0 radical (unpaired) electrons. The Balaban J connectivity index is 1.20. The molecule has 228 valence electrons. The van der Waals surface area contributed by atoms with Crippen LogP contribution in [-0.2, 0) is 39.4 Å². The van der Waals surface area contributed by atoms with Crippen molar-refractivity contribution in [3.05, 3.63) is 62.6 Å². The third-order valence-corrected chi connectivity index (χ3v) is 8.77. The van der Waals surface area contributed by atoms with E-state index < -0.39 is 46.5 Å². The number of nitrogens with zero attached hydrogens (tertiary/aromatic N) is 4. The number of thiocarbonyl (C=S) groups is 1. The summed E-state index contributed by atoms with van der Waals surface area (Å²) in [6.45, 7) is 0.481. The first-order valence-corrected chi connectivity index (χ1v) is 15.8. The van der Waals surface area contributed by atoms with Gasteiger partial charge in [-0.15, -0.1) is 11.3 Å². The van der Waals surface area contributed by atoms with Crippen LogP contribution in [0, 0.1) is 5.82 Å². The SMILES string of the molecule is CS(=O)(=O)Oc1ccc(F)c2c1COC(c1csc(C3CCN(C(=S)Cn4nc(C(F)F)cc4C(F)F)CC3)n1)OC2. The molecule has 0 aliphatic carbocycles. The Morgan fingerprint density at radius 3 is 2.48 bits per heavy atom. The van der Waals surface area contributed by atoms with Gasteiger partial charge in [-0.1, -0.05) is 12.2 Å². The highest BCUT2D eigenvalue weighted by atomic mass is 32.2. The van der Waals surface area contributed by atoms with Crippen LogP contribution >= 0.6 is 23.6 Å². The Bertz CT molecular complexity index is 1560. The van der Waals surface area contributed by atoms with Crippen molar-refractivity contribution in [3.8, 4) is 5.75 Å². The maximum Gasteiger partial charge on any atom is 0.306 e. The van der Waals surface area contributed by atoms with E-state index in [0.717, 1.165) is 22.0 Å². The monoisotopic (exact) mass is 652 g/mol. The highest BCUT2D eigenvalue weighted by Gasteiger charge is 2.30. The van der Waals surface area contributed by atoms with Crippen LogP contribution in [0.4, 0.5) is 22.0 Å². The maximum absolute atomic E-state index is 14.5. The lowest BCUT2D eigenvalue weighted by Crippen LogP contribution is -2.39. The van der Waals surface area contributed by atoms with Gasteiger partial charge in [0.25, 0.3) is 12.9 Å². The standard InChI is InChI=1S/C25H25F5N4O5S3/c1-42(35,36)39-20-3-2-16(26)14-10-37-25(38-11-15(14)20)18-12-41-24(31-18)13-4-6-33(7-5-13)21(40)9-34-19(23(29)30)8-17(32-34)22(27)28/h2-3,8,12-13,22-23,25H,4-7,9-11H2,1H3. The third-order valence-electron chi connectivity index (χ3n) is 6.87. The van der Waals surface area contributed by atoms with Crippen molar-refractivity contribution in [3.63, 3.8) is 0 Å². The molecule has 3 aromatic rings. The second-order valence-electron chi connectivity index (χ2n) is 9.76. The molecule has 0 N–H and O–H groups in total. The van der Waals surface area contributed by atoms with Crippen LogP contribution in [0.15, 0.2) is 23.6 Å². The highest BCUT2D eigenvalue weighted by molar-refractivity contribution is 7.86. The van der Waals surface area contributed by atoms with E-state index in [4.69, 9.17) is 25.9 Å². The Hall–Kier alpha value is -2.73. The lowest BCUT2D eigenvalue weighted by Gasteiger charge is -2.33. The maximum atomic E-state index is 14.5. The molecule has 17 heteroatoms. The number of hydrogen-bond donors (Lipinski definition) is 0. The average molecular weight is 653 g/mol. The van der Waals surface area contributed by atoms with Gasteiger partial charge in [0.05, 0.1) is 36.0 Å². The van der Waals surface area contributed by atoms with Gasteiger partial charge in [-0.2, -0.15) is 13.5 Å². The van der Waals surface area contributed by atoms with Gasteiger partial charge in [0.1, 0.15) is 28.6 Å². The number of hydrogen-bond acceptors (Lipinski definition) is 9. The molecular formula is C25H25F5N4O5S3. The van der Waals surface area contributed by atoms with Gasteiger partial charge in [-0.05, 0) is 31.0 Å². The van der Waals surface area contributed by atoms with E-state index >= 15 is 0 Å². The number of alkyl halides is 4. The zero-order valence-corrected chi connectivity index (χ0v) is 24.5. The first-order chi connectivity index (χ1) is 19.9. The smallest absolute Gasteiger partial charge is 0.306 e. The van der Waals surface area contributed by atoms with Crippen LogP contribution in [-0.4, -0.2) is 52.4 Å². The van der Waals surface area contributed by atoms with Crippen LogP contribution in [0.5, 0.6) is 5.75 Å². The van der Waals surface area contributed by atoms with Gasteiger partial charge >= 0.3 is 10.1 Å². The van der Waals surface area contributed by atoms with Crippen molar-refractivity contribution in [1.29, 1.82) is 0 Å². The molecule has 9 nitrogen and oxygen atoms in total. The number of fused-ring (bicyclic) bond motifs is 1. The predicted octanol–water partition coefficient (Wildman–Crippen LogP) is 5.64. The zero-order valence-electron chi connectivity index (χ0n) is 22.0. The molecule has 0 amide bonds. The van der Waals surface area contributed by atoms with E-state index in [1.807, 2.05) is 4.90 Å². The predicted molar refractivity (Wildman–Crippen MR) is 145 cm³/mol. The molecule has 1 saturated heterocycles. The fourth-order valence-corrected chi connectivity index (χ4v) is 6.58. The van der Waals surface area contributed by atoms with Crippen LogP contribution in [0.2, 0.25) is 0 Å². The molecule has 5 rings (SSSR count). The van der Waals surface area contributed by atoms with E-state index in [-0.39, 0.29) is 42.6 Å². The molecular weight excluding hydrogens is 627 g/mol. The van der Waals surface area contributed by atoms with E-state index in [9.17, 15) is 30.4 Å². The Labute approximate surface area is 247 Å². The minimum atomic E-state index is -3.85. The molecule has 0 spiro atoms. The van der Waals surface area contributed by atoms with E-state index in [1.54, 1.807) is 5.38 Å². The van der Waals surface area contributed by atoms with Crippen molar-refractivity contribution in [2.75, 3.05) is 19.3 Å². The summed E-state index contributed by atoms with van der Waals surface area (Å²) < 4.78 is 108. The molecule has 2 aliphatic heterocycles. The second-order valence-corrected chi connectivity index (χ2v) is 12.7. The van der Waals surface area contributed by atoms with E-state index in [1.165, 1.54) is 17.4 Å². The number of thiazole rings is 1. The number of ether oxygens (including phenoxy) is 2. The van der Waals surface area contributed by atoms with Crippen molar-refractivity contribution in [1.82, 2.24) is 19.7 Å². The summed E-state index contributed by atoms with van der Waals surface area (Å²) >= 11 is 6.84. The summed E-state index contributed by atoms with van der Waals surface area (Å²) in [5.41, 5.74) is -0.461. The summed E-state index contributed by atoms with van der Waals surface area (Å²) in [7, 11) is -3.85. The number of halogens is 5. The Kier molecular flexibility index (Phi) is 9.13. The molecule has 1 aromatic carbocycles. The number of rotatable bonds is 8. The summed E-state index contributed by atoms with van der Waals surface area (Å²) in [6, 6.07) is 3.03. The molecule has 0 saturated carbocycles. The highest BCUT2D eigenvalue weighted by Crippen LogP contribution is 2.37. The number of piperidine rings is 1. The first kappa shape index (κ1) is 30.7. The third kappa shape index (κ3) is 6.90. The molecule has 2 aromatic heterocycles. The second kappa shape index (κ2) is 12.5. The lowest BCUT2D eigenvalue weighted by atomic mass is 9.97. The quantitative estimate of drug-likeness (QED) is 0.174. The summed E-state index contributed by atoms with van der Waals surface area (Å²) in [4.78, 5) is 6.85. The summed E-state index contributed by atoms with van der Waals surface area (Å²) in [6.07, 6.45) is -4.64.